The molecule has 0 fully saturated rings. The van der Waals surface area contributed by atoms with Crippen LogP contribution in [-0.2, 0) is 15.3 Å². The maximum absolute atomic E-state index is 10.9. The summed E-state index contributed by atoms with van der Waals surface area (Å²) in [6.07, 6.45) is 0.402. The molecular weight excluding hydrogens is 254 g/mol. The lowest BCUT2D eigenvalue weighted by molar-refractivity contribution is -0.141. The lowest BCUT2D eigenvalue weighted by Gasteiger charge is -2.12. The first-order valence-electron chi connectivity index (χ1n) is 5.62. The summed E-state index contributed by atoms with van der Waals surface area (Å²) in [6, 6.07) is 2.99. The van der Waals surface area contributed by atoms with Crippen molar-refractivity contribution in [3.05, 3.63) is 23.7 Å². The minimum Gasteiger partial charge on any atom is -0.480 e. The zero-order valence-electron chi connectivity index (χ0n) is 10.4. The number of hydrogen-bond donors (Lipinski definition) is 2. The molecule has 18 heavy (non-hydrogen) atoms. The van der Waals surface area contributed by atoms with Crippen molar-refractivity contribution in [3.8, 4) is 0 Å². The average molecular weight is 271 g/mol. The summed E-state index contributed by atoms with van der Waals surface area (Å²) in [5.74, 6) is 1.78. The fourth-order valence-electron chi connectivity index (χ4n) is 1.44. The Morgan fingerprint density at radius 3 is 2.72 bits per heavy atom. The molecule has 0 aromatic carbocycles. The van der Waals surface area contributed by atoms with E-state index >= 15 is 0 Å². The predicted molar refractivity (Wildman–Crippen MR) is 69.5 cm³/mol. The van der Waals surface area contributed by atoms with Crippen LogP contribution >= 0.6 is 11.8 Å². The molecule has 1 rings (SSSR count). The van der Waals surface area contributed by atoms with E-state index in [0.29, 0.717) is 17.9 Å². The highest BCUT2D eigenvalue weighted by Crippen LogP contribution is 2.16. The third-order valence-electron chi connectivity index (χ3n) is 2.27. The minimum absolute atomic E-state index is 0.325. The van der Waals surface area contributed by atoms with Gasteiger partial charge in [-0.25, -0.2) is 4.79 Å². The van der Waals surface area contributed by atoms with Crippen LogP contribution in [0.15, 0.2) is 16.5 Å². The molecule has 5 nitrogen and oxygen atoms in total. The second-order valence-corrected chi connectivity index (χ2v) is 5.05. The zero-order chi connectivity index (χ0) is 13.5. The standard InChI is InChI=1S/C12H17NO4S/c1-8-3-4-10(17-8)7-18-6-5-11(12(15)16)13-9(2)14/h3-4,11H,5-7H2,1-2H3,(H,13,14)(H,15,16). The number of aryl methyl sites for hydroxylation is 1. The molecule has 1 amide bonds. The van der Waals surface area contributed by atoms with E-state index in [1.807, 2.05) is 19.1 Å². The van der Waals surface area contributed by atoms with E-state index < -0.39 is 12.0 Å². The number of carboxylic acids is 1. The molecule has 0 aliphatic carbocycles. The van der Waals surface area contributed by atoms with E-state index in [9.17, 15) is 9.59 Å². The van der Waals surface area contributed by atoms with E-state index in [-0.39, 0.29) is 5.91 Å². The molecule has 1 unspecified atom stereocenters. The number of thioether (sulfide) groups is 1. The Labute approximate surface area is 110 Å². The molecule has 100 valence electrons. The number of aliphatic carboxylic acids is 1. The second kappa shape index (κ2) is 7.10. The third-order valence-corrected chi connectivity index (χ3v) is 3.28. The number of rotatable bonds is 7. The lowest BCUT2D eigenvalue weighted by atomic mass is 10.2. The fraction of sp³-hybridized carbons (Fsp3) is 0.500. The number of carboxylic acid groups (broad SMARTS) is 1. The fourth-order valence-corrected chi connectivity index (χ4v) is 2.34. The van der Waals surface area contributed by atoms with Crippen molar-refractivity contribution in [1.82, 2.24) is 5.32 Å². The van der Waals surface area contributed by atoms with Gasteiger partial charge in [-0.1, -0.05) is 0 Å². The summed E-state index contributed by atoms with van der Waals surface area (Å²) >= 11 is 1.58. The minimum atomic E-state index is -1.00. The Morgan fingerprint density at radius 1 is 1.50 bits per heavy atom. The summed E-state index contributed by atoms with van der Waals surface area (Å²) in [5.41, 5.74) is 0. The molecular formula is C12H17NO4S. The first kappa shape index (κ1) is 14.6. The maximum atomic E-state index is 10.9. The maximum Gasteiger partial charge on any atom is 0.326 e. The van der Waals surface area contributed by atoms with Gasteiger partial charge in [-0.05, 0) is 31.2 Å². The second-order valence-electron chi connectivity index (χ2n) is 3.94. The molecule has 0 radical (unpaired) electrons. The van der Waals surface area contributed by atoms with Crippen molar-refractivity contribution in [3.63, 3.8) is 0 Å². The lowest BCUT2D eigenvalue weighted by Crippen LogP contribution is -2.39. The first-order chi connectivity index (χ1) is 8.49. The molecule has 6 heteroatoms. The van der Waals surface area contributed by atoms with Gasteiger partial charge in [-0.2, -0.15) is 11.8 Å². The molecule has 0 spiro atoms. The van der Waals surface area contributed by atoms with Crippen molar-refractivity contribution < 1.29 is 19.1 Å². The Bertz CT molecular complexity index is 416. The Kier molecular flexibility index (Phi) is 5.77. The van der Waals surface area contributed by atoms with Gasteiger partial charge in [0.05, 0.1) is 5.75 Å². The molecule has 2 N–H and O–H groups in total. The Hall–Kier alpha value is -1.43. The van der Waals surface area contributed by atoms with Gasteiger partial charge >= 0.3 is 5.97 Å². The molecule has 1 aromatic rings. The van der Waals surface area contributed by atoms with Gasteiger partial charge < -0.3 is 14.8 Å². The van der Waals surface area contributed by atoms with Gasteiger partial charge in [-0.3, -0.25) is 4.79 Å². The van der Waals surface area contributed by atoms with E-state index in [2.05, 4.69) is 5.32 Å². The largest absolute Gasteiger partial charge is 0.480 e. The van der Waals surface area contributed by atoms with Crippen molar-refractivity contribution in [2.75, 3.05) is 5.75 Å². The van der Waals surface area contributed by atoms with E-state index in [0.717, 1.165) is 11.5 Å². The molecule has 0 saturated carbocycles. The predicted octanol–water partition coefficient (Wildman–Crippen LogP) is 1.80. The van der Waals surface area contributed by atoms with Crippen LogP contribution < -0.4 is 5.32 Å². The highest BCUT2D eigenvalue weighted by atomic mass is 32.2. The zero-order valence-corrected chi connectivity index (χ0v) is 11.3. The number of nitrogens with one attached hydrogen (secondary N) is 1. The van der Waals surface area contributed by atoms with Crippen LogP contribution in [0.1, 0.15) is 24.9 Å². The summed E-state index contributed by atoms with van der Waals surface area (Å²) in [6.45, 7) is 3.19. The molecule has 1 heterocycles. The SMILES string of the molecule is CC(=O)NC(CCSCc1ccc(C)o1)C(=O)O. The van der Waals surface area contributed by atoms with Crippen LogP contribution in [0, 0.1) is 6.92 Å². The first-order valence-corrected chi connectivity index (χ1v) is 6.77. The van der Waals surface area contributed by atoms with Gasteiger partial charge in [0.15, 0.2) is 0 Å². The highest BCUT2D eigenvalue weighted by Gasteiger charge is 2.17. The monoisotopic (exact) mass is 271 g/mol. The van der Waals surface area contributed by atoms with Gasteiger partial charge in [0.1, 0.15) is 17.6 Å². The van der Waals surface area contributed by atoms with Gasteiger partial charge in [-0.15, -0.1) is 0 Å². The molecule has 1 atom stereocenters. The van der Waals surface area contributed by atoms with E-state index in [1.54, 1.807) is 11.8 Å². The highest BCUT2D eigenvalue weighted by molar-refractivity contribution is 7.98. The molecule has 1 aromatic heterocycles. The van der Waals surface area contributed by atoms with Gasteiger partial charge in [0, 0.05) is 6.92 Å². The normalized spacial score (nSPS) is 12.1. The quantitative estimate of drug-likeness (QED) is 0.739. The number of amides is 1. The topological polar surface area (TPSA) is 79.5 Å². The van der Waals surface area contributed by atoms with Crippen LogP contribution in [0.2, 0.25) is 0 Å². The van der Waals surface area contributed by atoms with Gasteiger partial charge in [0.25, 0.3) is 0 Å². The number of furan rings is 1. The van der Waals surface area contributed by atoms with E-state index in [1.165, 1.54) is 6.92 Å². The van der Waals surface area contributed by atoms with Crippen molar-refractivity contribution in [2.45, 2.75) is 32.1 Å². The van der Waals surface area contributed by atoms with Crippen LogP contribution in [-0.4, -0.2) is 28.8 Å². The number of carbonyl (C=O) groups is 2. The van der Waals surface area contributed by atoms with Crippen LogP contribution in [0.5, 0.6) is 0 Å². The Balaban J connectivity index is 2.26. The van der Waals surface area contributed by atoms with Crippen molar-refractivity contribution >= 4 is 23.6 Å². The van der Waals surface area contributed by atoms with E-state index in [4.69, 9.17) is 9.52 Å². The van der Waals surface area contributed by atoms with Crippen molar-refractivity contribution in [2.24, 2.45) is 0 Å². The van der Waals surface area contributed by atoms with Crippen LogP contribution in [0.4, 0.5) is 0 Å². The van der Waals surface area contributed by atoms with Crippen LogP contribution in [0.3, 0.4) is 0 Å². The summed E-state index contributed by atoms with van der Waals surface area (Å²) in [4.78, 5) is 21.7. The average Bonchev–Trinajstić information content (AvgIpc) is 2.68. The number of hydrogen-bond acceptors (Lipinski definition) is 4. The third kappa shape index (κ3) is 5.27. The van der Waals surface area contributed by atoms with Crippen LogP contribution in [0.25, 0.3) is 0 Å². The molecule has 0 bridgehead atoms. The smallest absolute Gasteiger partial charge is 0.326 e. The number of carbonyl (C=O) groups excluding carboxylic acids is 1. The summed E-state index contributed by atoms with van der Waals surface area (Å²) in [5, 5.41) is 11.3. The van der Waals surface area contributed by atoms with Crippen molar-refractivity contribution in [1.29, 1.82) is 0 Å². The summed E-state index contributed by atoms with van der Waals surface area (Å²) < 4.78 is 5.40. The molecule has 0 saturated heterocycles. The molecule has 0 aliphatic heterocycles. The Morgan fingerprint density at radius 2 is 2.22 bits per heavy atom. The van der Waals surface area contributed by atoms with Gasteiger partial charge in [0.2, 0.25) is 5.91 Å². The molecule has 0 aliphatic rings. The summed E-state index contributed by atoms with van der Waals surface area (Å²) in [7, 11) is 0.